The van der Waals surface area contributed by atoms with Gasteiger partial charge in [-0.3, -0.25) is 0 Å². The van der Waals surface area contributed by atoms with Gasteiger partial charge in [0.15, 0.2) is 0 Å². The quantitative estimate of drug-likeness (QED) is 0.565. The van der Waals surface area contributed by atoms with Crippen LogP contribution in [-0.2, 0) is 7.05 Å². The van der Waals surface area contributed by atoms with Crippen molar-refractivity contribution in [1.29, 1.82) is 0 Å². The van der Waals surface area contributed by atoms with Crippen LogP contribution in [0.5, 0.6) is 0 Å². The highest BCUT2D eigenvalue weighted by atomic mass is 35.5. The van der Waals surface area contributed by atoms with Crippen LogP contribution >= 0.6 is 11.3 Å². The van der Waals surface area contributed by atoms with Gasteiger partial charge in [0.25, 0.3) is 5.01 Å². The predicted molar refractivity (Wildman–Crippen MR) is 91.2 cm³/mol. The summed E-state index contributed by atoms with van der Waals surface area (Å²) in [6, 6.07) is 18.6. The molecule has 3 rings (SSSR count). The molecular weight excluding hydrogens is 312 g/mol. The molecule has 1 N–H and O–H groups in total. The highest BCUT2D eigenvalue weighted by Crippen LogP contribution is 2.20. The molecular formula is C18H17ClN2S. The maximum Gasteiger partial charge on any atom is 0.262 e. The fourth-order valence-electron chi connectivity index (χ4n) is 2.14. The number of allylic oxidation sites excluding steroid dienone is 2. The molecule has 22 heavy (non-hydrogen) atoms. The van der Waals surface area contributed by atoms with Crippen molar-refractivity contribution in [3.8, 4) is 0 Å². The molecule has 0 fully saturated rings. The molecule has 0 saturated carbocycles. The Morgan fingerprint density at radius 2 is 1.68 bits per heavy atom. The Kier molecular flexibility index (Phi) is 5.75. The number of benzene rings is 2. The van der Waals surface area contributed by atoms with Gasteiger partial charge in [0.05, 0.1) is 0 Å². The molecule has 0 unspecified atom stereocenters. The van der Waals surface area contributed by atoms with Crippen LogP contribution in [0.25, 0.3) is 16.3 Å². The Hall–Kier alpha value is -2.10. The molecule has 0 atom stereocenters. The van der Waals surface area contributed by atoms with Crippen molar-refractivity contribution in [1.82, 2.24) is 0 Å². The number of aryl methyl sites for hydroxylation is 1. The van der Waals surface area contributed by atoms with Gasteiger partial charge < -0.3 is 17.7 Å². The molecule has 1 heterocycles. The summed E-state index contributed by atoms with van der Waals surface area (Å²) in [4.78, 5) is 0. The minimum Gasteiger partial charge on any atom is -1.00 e. The number of hydrogen-bond acceptors (Lipinski definition) is 2. The monoisotopic (exact) mass is 328 g/mol. The largest absolute Gasteiger partial charge is 1.00 e. The van der Waals surface area contributed by atoms with Crippen LogP contribution in [0.3, 0.4) is 0 Å². The second-order valence-corrected chi connectivity index (χ2v) is 5.76. The maximum atomic E-state index is 3.24. The third-order valence-electron chi connectivity index (χ3n) is 3.24. The lowest BCUT2D eigenvalue weighted by atomic mass is 10.3. The molecule has 0 amide bonds. The van der Waals surface area contributed by atoms with Crippen molar-refractivity contribution in [3.63, 3.8) is 0 Å². The van der Waals surface area contributed by atoms with E-state index < -0.39 is 0 Å². The lowest BCUT2D eigenvalue weighted by Gasteiger charge is -1.97. The molecule has 0 aliphatic heterocycles. The number of hydrogen-bond donors (Lipinski definition) is 1. The van der Waals surface area contributed by atoms with Crippen LogP contribution in [0.4, 0.5) is 5.69 Å². The highest BCUT2D eigenvalue weighted by molar-refractivity contribution is 7.18. The molecule has 0 spiro atoms. The normalized spacial score (nSPS) is 11.1. The Labute approximate surface area is 140 Å². The van der Waals surface area contributed by atoms with Crippen molar-refractivity contribution in [2.24, 2.45) is 7.05 Å². The summed E-state index contributed by atoms with van der Waals surface area (Å²) >= 11 is 1.80. The number of thiazole rings is 1. The second-order valence-electron chi connectivity index (χ2n) is 4.70. The Morgan fingerprint density at radius 3 is 2.45 bits per heavy atom. The number of anilines is 1. The molecule has 0 radical (unpaired) electrons. The van der Waals surface area contributed by atoms with E-state index in [-0.39, 0.29) is 12.4 Å². The van der Waals surface area contributed by atoms with Crippen molar-refractivity contribution < 1.29 is 17.0 Å². The molecule has 2 aromatic carbocycles. The number of aromatic nitrogens is 1. The molecule has 3 aromatic rings. The molecule has 112 valence electrons. The first-order valence-electron chi connectivity index (χ1n) is 6.87. The number of fused-ring (bicyclic) bond motifs is 1. The highest BCUT2D eigenvalue weighted by Gasteiger charge is 2.12. The van der Waals surface area contributed by atoms with E-state index in [0.29, 0.717) is 0 Å². The summed E-state index contributed by atoms with van der Waals surface area (Å²) in [5, 5.41) is 4.47. The molecule has 4 heteroatoms. The molecule has 2 nitrogen and oxygen atoms in total. The number of halogens is 1. The van der Waals surface area contributed by atoms with Gasteiger partial charge in [0.2, 0.25) is 5.52 Å². The minimum absolute atomic E-state index is 0. The van der Waals surface area contributed by atoms with Crippen molar-refractivity contribution in [2.75, 3.05) is 5.32 Å². The van der Waals surface area contributed by atoms with Gasteiger partial charge in [-0.2, -0.15) is 4.57 Å². The van der Waals surface area contributed by atoms with Crippen molar-refractivity contribution in [3.05, 3.63) is 78.0 Å². The lowest BCUT2D eigenvalue weighted by Crippen LogP contribution is -3.00. The van der Waals surface area contributed by atoms with Gasteiger partial charge in [-0.1, -0.05) is 47.7 Å². The molecule has 0 saturated heterocycles. The smallest absolute Gasteiger partial charge is 0.262 e. The van der Waals surface area contributed by atoms with Crippen LogP contribution in [0.1, 0.15) is 5.01 Å². The zero-order chi connectivity index (χ0) is 14.5. The number of nitrogens with zero attached hydrogens (tertiary/aromatic N) is 1. The van der Waals surface area contributed by atoms with E-state index in [1.807, 2.05) is 42.6 Å². The Morgan fingerprint density at radius 1 is 0.955 bits per heavy atom. The molecule has 0 aliphatic rings. The molecule has 1 aromatic heterocycles. The van der Waals surface area contributed by atoms with E-state index in [1.54, 1.807) is 11.3 Å². The van der Waals surface area contributed by atoms with Gasteiger partial charge in [-0.15, -0.1) is 0 Å². The topological polar surface area (TPSA) is 15.9 Å². The van der Waals surface area contributed by atoms with Gasteiger partial charge >= 0.3 is 0 Å². The van der Waals surface area contributed by atoms with E-state index in [9.17, 15) is 0 Å². The first kappa shape index (κ1) is 16.3. The molecule has 0 aliphatic carbocycles. The van der Waals surface area contributed by atoms with Crippen LogP contribution < -0.4 is 22.3 Å². The summed E-state index contributed by atoms with van der Waals surface area (Å²) in [7, 11) is 2.10. The Bertz CT molecular complexity index is 791. The van der Waals surface area contributed by atoms with E-state index in [1.165, 1.54) is 15.2 Å². The van der Waals surface area contributed by atoms with Crippen molar-refractivity contribution >= 4 is 33.3 Å². The zero-order valence-electron chi connectivity index (χ0n) is 12.2. The standard InChI is InChI=1S/C18H16N2S.ClH/c1-20-16-11-5-6-12-17(16)21-18(20)13-7-8-14-19-15-9-3-2-4-10-15;/h2-14H,1H3;1H. The average molecular weight is 329 g/mol. The van der Waals surface area contributed by atoms with Crippen LogP contribution in [0, 0.1) is 0 Å². The number of para-hydroxylation sites is 2. The average Bonchev–Trinajstić information content (AvgIpc) is 2.85. The fourth-order valence-corrected chi connectivity index (χ4v) is 3.20. The van der Waals surface area contributed by atoms with E-state index in [4.69, 9.17) is 0 Å². The first-order valence-corrected chi connectivity index (χ1v) is 7.68. The van der Waals surface area contributed by atoms with E-state index in [0.717, 1.165) is 5.69 Å². The molecule has 0 bridgehead atoms. The SMILES string of the molecule is C[n+]1c(/C=C/C=C/Nc2ccccc2)sc2ccccc21.[Cl-]. The summed E-state index contributed by atoms with van der Waals surface area (Å²) in [5.74, 6) is 0. The summed E-state index contributed by atoms with van der Waals surface area (Å²) < 4.78 is 3.53. The van der Waals surface area contributed by atoms with Crippen LogP contribution in [-0.4, -0.2) is 0 Å². The lowest BCUT2D eigenvalue weighted by molar-refractivity contribution is -0.642. The third-order valence-corrected chi connectivity index (χ3v) is 4.43. The first-order chi connectivity index (χ1) is 10.3. The van der Waals surface area contributed by atoms with Gasteiger partial charge in [-0.25, -0.2) is 0 Å². The summed E-state index contributed by atoms with van der Waals surface area (Å²) in [6.07, 6.45) is 8.14. The number of rotatable bonds is 4. The van der Waals surface area contributed by atoms with Crippen LogP contribution in [0.15, 0.2) is 72.9 Å². The Balaban J connectivity index is 0.00000176. The fraction of sp³-hybridized carbons (Fsp3) is 0.0556. The van der Waals surface area contributed by atoms with Gasteiger partial charge in [0.1, 0.15) is 11.7 Å². The predicted octanol–water partition coefficient (Wildman–Crippen LogP) is 1.37. The second kappa shape index (κ2) is 7.78. The summed E-state index contributed by atoms with van der Waals surface area (Å²) in [6.45, 7) is 0. The van der Waals surface area contributed by atoms with Crippen molar-refractivity contribution in [2.45, 2.75) is 0 Å². The van der Waals surface area contributed by atoms with Crippen LogP contribution in [0.2, 0.25) is 0 Å². The minimum atomic E-state index is 0. The third kappa shape index (κ3) is 3.75. The van der Waals surface area contributed by atoms with E-state index in [2.05, 4.69) is 53.3 Å². The van der Waals surface area contributed by atoms with E-state index >= 15 is 0 Å². The zero-order valence-corrected chi connectivity index (χ0v) is 13.8. The maximum absolute atomic E-state index is 3.24. The van der Waals surface area contributed by atoms with Gasteiger partial charge in [0, 0.05) is 24.0 Å². The summed E-state index contributed by atoms with van der Waals surface area (Å²) in [5.41, 5.74) is 2.36. The van der Waals surface area contributed by atoms with Gasteiger partial charge in [-0.05, 0) is 24.3 Å². The number of nitrogens with one attached hydrogen (secondary N) is 1.